The molecule has 6 nitrogen and oxygen atoms in total. The van der Waals surface area contributed by atoms with Gasteiger partial charge in [-0.15, -0.1) is 0 Å². The maximum Gasteiger partial charge on any atom is 0.239 e. The minimum absolute atomic E-state index is 0.0260. The number of para-hydroxylation sites is 2. The van der Waals surface area contributed by atoms with Crippen molar-refractivity contribution in [1.82, 2.24) is 5.32 Å². The van der Waals surface area contributed by atoms with Gasteiger partial charge in [-0.3, -0.25) is 4.79 Å². The van der Waals surface area contributed by atoms with Crippen molar-refractivity contribution in [2.75, 3.05) is 31.4 Å². The lowest BCUT2D eigenvalue weighted by atomic mass is 10.1. The molecule has 1 unspecified atom stereocenters. The zero-order valence-electron chi connectivity index (χ0n) is 14.0. The number of carbonyl (C=O) groups is 1. The van der Waals surface area contributed by atoms with E-state index in [-0.39, 0.29) is 18.7 Å². The lowest BCUT2D eigenvalue weighted by Gasteiger charge is -2.31. The molecule has 0 fully saturated rings. The molecule has 0 aromatic heterocycles. The van der Waals surface area contributed by atoms with E-state index in [0.717, 1.165) is 28.5 Å². The van der Waals surface area contributed by atoms with Crippen LogP contribution in [0, 0.1) is 0 Å². The summed E-state index contributed by atoms with van der Waals surface area (Å²) < 4.78 is 16.3. The molecular weight excluding hydrogens is 320 g/mol. The zero-order chi connectivity index (χ0) is 17.2. The maximum absolute atomic E-state index is 12.5. The Hall–Kier alpha value is -2.89. The number of carbonyl (C=O) groups excluding carboxylic acids is 1. The van der Waals surface area contributed by atoms with Crippen LogP contribution in [0.5, 0.6) is 17.2 Å². The van der Waals surface area contributed by atoms with E-state index in [4.69, 9.17) is 14.2 Å². The summed E-state index contributed by atoms with van der Waals surface area (Å²) in [6.45, 7) is 3.79. The fourth-order valence-corrected chi connectivity index (χ4v) is 3.12. The van der Waals surface area contributed by atoms with Crippen LogP contribution < -0.4 is 24.4 Å². The summed E-state index contributed by atoms with van der Waals surface area (Å²) in [6.07, 6.45) is 0. The fraction of sp³-hybridized carbons (Fsp3) is 0.316. The molecular formula is C19H20N2O4. The number of nitrogens with zero attached hydrogens (tertiary/aromatic N) is 1. The van der Waals surface area contributed by atoms with Crippen molar-refractivity contribution in [1.29, 1.82) is 0 Å². The summed E-state index contributed by atoms with van der Waals surface area (Å²) in [4.78, 5) is 14.5. The van der Waals surface area contributed by atoms with Crippen molar-refractivity contribution in [3.8, 4) is 17.2 Å². The quantitative estimate of drug-likeness (QED) is 0.927. The number of fused-ring (bicyclic) bond motifs is 2. The molecule has 2 aliphatic heterocycles. The Morgan fingerprint density at radius 2 is 1.96 bits per heavy atom. The van der Waals surface area contributed by atoms with Gasteiger partial charge in [-0.25, -0.2) is 0 Å². The molecule has 25 heavy (non-hydrogen) atoms. The second-order valence-electron chi connectivity index (χ2n) is 6.14. The summed E-state index contributed by atoms with van der Waals surface area (Å²) in [7, 11) is 0. The molecule has 2 aliphatic rings. The van der Waals surface area contributed by atoms with Crippen LogP contribution in [0.4, 0.5) is 5.69 Å². The highest BCUT2D eigenvalue weighted by Gasteiger charge is 2.21. The maximum atomic E-state index is 12.5. The Labute approximate surface area is 146 Å². The fourth-order valence-electron chi connectivity index (χ4n) is 3.12. The van der Waals surface area contributed by atoms with E-state index < -0.39 is 0 Å². The van der Waals surface area contributed by atoms with Gasteiger partial charge in [-0.05, 0) is 36.8 Å². The number of nitrogens with one attached hydrogen (secondary N) is 1. The number of amides is 1. The van der Waals surface area contributed by atoms with Gasteiger partial charge in [-0.1, -0.05) is 18.2 Å². The first-order valence-corrected chi connectivity index (χ1v) is 8.36. The van der Waals surface area contributed by atoms with Gasteiger partial charge >= 0.3 is 0 Å². The number of hydrogen-bond donors (Lipinski definition) is 1. The van der Waals surface area contributed by atoms with Gasteiger partial charge in [0.25, 0.3) is 0 Å². The third kappa shape index (κ3) is 3.20. The number of benzene rings is 2. The molecule has 6 heteroatoms. The third-order valence-corrected chi connectivity index (χ3v) is 4.43. The SMILES string of the molecule is CC(NC(=O)CN1CCOc2ccccc21)c1ccc2c(c1)OCO2. The van der Waals surface area contributed by atoms with Crippen LogP contribution in [-0.2, 0) is 4.79 Å². The lowest BCUT2D eigenvalue weighted by Crippen LogP contribution is -2.41. The average Bonchev–Trinajstić information content (AvgIpc) is 3.09. The van der Waals surface area contributed by atoms with Gasteiger partial charge in [0.15, 0.2) is 11.5 Å². The lowest BCUT2D eigenvalue weighted by molar-refractivity contribution is -0.120. The van der Waals surface area contributed by atoms with Crippen molar-refractivity contribution in [3.05, 3.63) is 48.0 Å². The van der Waals surface area contributed by atoms with Gasteiger partial charge in [0.1, 0.15) is 12.4 Å². The average molecular weight is 340 g/mol. The highest BCUT2D eigenvalue weighted by molar-refractivity contribution is 5.82. The Morgan fingerprint density at radius 3 is 2.88 bits per heavy atom. The largest absolute Gasteiger partial charge is 0.490 e. The van der Waals surface area contributed by atoms with Crippen LogP contribution in [0.15, 0.2) is 42.5 Å². The zero-order valence-corrected chi connectivity index (χ0v) is 14.0. The summed E-state index contributed by atoms with van der Waals surface area (Å²) in [5.74, 6) is 2.26. The number of rotatable bonds is 4. The molecule has 1 atom stereocenters. The normalized spacial score (nSPS) is 16.0. The van der Waals surface area contributed by atoms with E-state index in [1.807, 2.05) is 54.3 Å². The Balaban J connectivity index is 1.41. The Kier molecular flexibility index (Phi) is 4.09. The van der Waals surface area contributed by atoms with Gasteiger partial charge in [0.05, 0.1) is 24.8 Å². The molecule has 0 saturated carbocycles. The standard InChI is InChI=1S/C19H20N2O4/c1-13(14-6-7-17-18(10-14)25-12-24-17)20-19(22)11-21-8-9-23-16-5-3-2-4-15(16)21/h2-7,10,13H,8-9,11-12H2,1H3,(H,20,22). The molecule has 2 aromatic carbocycles. The molecule has 0 saturated heterocycles. The van der Waals surface area contributed by atoms with Crippen LogP contribution in [0.1, 0.15) is 18.5 Å². The summed E-state index contributed by atoms with van der Waals surface area (Å²) >= 11 is 0. The Morgan fingerprint density at radius 1 is 1.12 bits per heavy atom. The van der Waals surface area contributed by atoms with Crippen molar-refractivity contribution in [3.63, 3.8) is 0 Å². The predicted octanol–water partition coefficient (Wildman–Crippen LogP) is 2.49. The van der Waals surface area contributed by atoms with Gasteiger partial charge < -0.3 is 24.4 Å². The van der Waals surface area contributed by atoms with Crippen molar-refractivity contribution >= 4 is 11.6 Å². The van der Waals surface area contributed by atoms with Gasteiger partial charge in [0.2, 0.25) is 12.7 Å². The van der Waals surface area contributed by atoms with E-state index in [0.29, 0.717) is 19.7 Å². The molecule has 2 heterocycles. The second kappa shape index (κ2) is 6.55. The van der Waals surface area contributed by atoms with E-state index in [2.05, 4.69) is 5.32 Å². The summed E-state index contributed by atoms with van der Waals surface area (Å²) in [5.41, 5.74) is 1.94. The smallest absolute Gasteiger partial charge is 0.239 e. The molecule has 1 amide bonds. The van der Waals surface area contributed by atoms with E-state index >= 15 is 0 Å². The first-order chi connectivity index (χ1) is 12.2. The molecule has 4 rings (SSSR count). The number of anilines is 1. The molecule has 0 spiro atoms. The van der Waals surface area contributed by atoms with Crippen LogP contribution in [-0.4, -0.2) is 32.4 Å². The third-order valence-electron chi connectivity index (χ3n) is 4.43. The van der Waals surface area contributed by atoms with Crippen molar-refractivity contribution in [2.45, 2.75) is 13.0 Å². The first kappa shape index (κ1) is 15.6. The van der Waals surface area contributed by atoms with Crippen LogP contribution in [0.3, 0.4) is 0 Å². The predicted molar refractivity (Wildman–Crippen MR) is 93.3 cm³/mol. The second-order valence-corrected chi connectivity index (χ2v) is 6.14. The van der Waals surface area contributed by atoms with E-state index in [1.165, 1.54) is 0 Å². The minimum Gasteiger partial charge on any atom is -0.490 e. The summed E-state index contributed by atoms with van der Waals surface area (Å²) in [5, 5.41) is 3.05. The molecule has 0 radical (unpaired) electrons. The topological polar surface area (TPSA) is 60.0 Å². The summed E-state index contributed by atoms with van der Waals surface area (Å²) in [6, 6.07) is 13.4. The highest BCUT2D eigenvalue weighted by atomic mass is 16.7. The minimum atomic E-state index is -0.113. The van der Waals surface area contributed by atoms with Gasteiger partial charge in [-0.2, -0.15) is 0 Å². The van der Waals surface area contributed by atoms with Crippen LogP contribution >= 0.6 is 0 Å². The molecule has 2 aromatic rings. The monoisotopic (exact) mass is 340 g/mol. The van der Waals surface area contributed by atoms with Crippen LogP contribution in [0.2, 0.25) is 0 Å². The Bertz CT molecular complexity index is 793. The van der Waals surface area contributed by atoms with E-state index in [1.54, 1.807) is 0 Å². The molecule has 0 aliphatic carbocycles. The van der Waals surface area contributed by atoms with Crippen molar-refractivity contribution in [2.24, 2.45) is 0 Å². The molecule has 130 valence electrons. The molecule has 0 bridgehead atoms. The number of hydrogen-bond acceptors (Lipinski definition) is 5. The number of ether oxygens (including phenoxy) is 3. The highest BCUT2D eigenvalue weighted by Crippen LogP contribution is 2.34. The van der Waals surface area contributed by atoms with Gasteiger partial charge in [0, 0.05) is 0 Å². The first-order valence-electron chi connectivity index (χ1n) is 8.36. The van der Waals surface area contributed by atoms with Crippen LogP contribution in [0.25, 0.3) is 0 Å². The molecule has 1 N–H and O–H groups in total. The van der Waals surface area contributed by atoms with Crippen molar-refractivity contribution < 1.29 is 19.0 Å². The van der Waals surface area contributed by atoms with E-state index in [9.17, 15) is 4.79 Å².